The SMILES string of the molecule is CC1(C)CC(NC(=N)/N=C(\N)N2CCOCC2)CC(C)(C)N1. The van der Waals surface area contributed by atoms with Crippen molar-refractivity contribution in [3.63, 3.8) is 0 Å². The van der Waals surface area contributed by atoms with Gasteiger partial charge in [-0.25, -0.2) is 0 Å². The minimum Gasteiger partial charge on any atom is -0.378 e. The Balaban J connectivity index is 1.93. The van der Waals surface area contributed by atoms with Crippen LogP contribution in [0.4, 0.5) is 0 Å². The molecule has 0 aromatic heterocycles. The average molecular weight is 310 g/mol. The van der Waals surface area contributed by atoms with E-state index in [0.717, 1.165) is 25.9 Å². The number of guanidine groups is 2. The molecule has 22 heavy (non-hydrogen) atoms. The standard InChI is InChI=1S/C15H30N6O/c1-14(2)9-11(10-15(3,4)20-14)18-12(16)19-13(17)21-5-7-22-8-6-21/h11,20H,5-10H2,1-4H3,(H4,16,17,18,19). The first-order valence-corrected chi connectivity index (χ1v) is 7.98. The van der Waals surface area contributed by atoms with Crippen LogP contribution < -0.4 is 16.4 Å². The molecule has 0 unspecified atom stereocenters. The number of rotatable bonds is 1. The molecule has 0 aromatic rings. The summed E-state index contributed by atoms with van der Waals surface area (Å²) < 4.78 is 5.29. The number of nitrogens with two attached hydrogens (primary N) is 1. The summed E-state index contributed by atoms with van der Waals surface area (Å²) in [6.45, 7) is 11.6. The molecule has 2 aliphatic heterocycles. The second-order valence-electron chi connectivity index (χ2n) is 7.56. The molecule has 2 aliphatic rings. The summed E-state index contributed by atoms with van der Waals surface area (Å²) in [5.41, 5.74) is 6.07. The quantitative estimate of drug-likeness (QED) is 0.417. The Labute approximate surface area is 133 Å². The van der Waals surface area contributed by atoms with Crippen molar-refractivity contribution in [3.8, 4) is 0 Å². The number of hydrogen-bond donors (Lipinski definition) is 4. The van der Waals surface area contributed by atoms with Gasteiger partial charge in [-0.2, -0.15) is 4.99 Å². The van der Waals surface area contributed by atoms with Crippen molar-refractivity contribution in [2.24, 2.45) is 10.7 Å². The Bertz CT molecular complexity index is 423. The molecule has 2 rings (SSSR count). The van der Waals surface area contributed by atoms with Crippen molar-refractivity contribution < 1.29 is 4.74 Å². The third-order valence-electron chi connectivity index (χ3n) is 4.09. The van der Waals surface area contributed by atoms with Crippen LogP contribution in [0, 0.1) is 5.41 Å². The predicted octanol–water partition coefficient (Wildman–Crippen LogP) is 0.467. The largest absolute Gasteiger partial charge is 0.378 e. The van der Waals surface area contributed by atoms with Gasteiger partial charge in [-0.05, 0) is 40.5 Å². The lowest BCUT2D eigenvalue weighted by Crippen LogP contribution is -2.62. The van der Waals surface area contributed by atoms with Gasteiger partial charge in [0.15, 0.2) is 5.96 Å². The number of nitrogens with one attached hydrogen (secondary N) is 3. The highest BCUT2D eigenvalue weighted by Gasteiger charge is 2.37. The number of aliphatic imine (C=N–C) groups is 1. The van der Waals surface area contributed by atoms with E-state index in [1.165, 1.54) is 0 Å². The van der Waals surface area contributed by atoms with Gasteiger partial charge in [0.05, 0.1) is 13.2 Å². The average Bonchev–Trinajstić information content (AvgIpc) is 2.35. The first kappa shape index (κ1) is 17.0. The van der Waals surface area contributed by atoms with Gasteiger partial charge in [0.2, 0.25) is 5.96 Å². The summed E-state index contributed by atoms with van der Waals surface area (Å²) in [5, 5.41) is 14.9. The third-order valence-corrected chi connectivity index (χ3v) is 4.09. The smallest absolute Gasteiger partial charge is 0.218 e. The van der Waals surface area contributed by atoms with E-state index in [1.807, 2.05) is 4.90 Å². The lowest BCUT2D eigenvalue weighted by molar-refractivity contribution is 0.0676. The molecule has 7 nitrogen and oxygen atoms in total. The number of nitrogens with zero attached hydrogens (tertiary/aromatic N) is 2. The summed E-state index contributed by atoms with van der Waals surface area (Å²) in [7, 11) is 0. The topological polar surface area (TPSA) is 98.8 Å². The van der Waals surface area contributed by atoms with E-state index in [1.54, 1.807) is 0 Å². The summed E-state index contributed by atoms with van der Waals surface area (Å²) in [4.78, 5) is 6.16. The van der Waals surface area contributed by atoms with Crippen LogP contribution in [0.2, 0.25) is 0 Å². The molecule has 0 amide bonds. The van der Waals surface area contributed by atoms with Crippen LogP contribution in [-0.2, 0) is 4.74 Å². The van der Waals surface area contributed by atoms with Crippen LogP contribution in [0.5, 0.6) is 0 Å². The molecular formula is C15H30N6O. The Morgan fingerprint density at radius 1 is 1.23 bits per heavy atom. The maximum absolute atomic E-state index is 8.08. The zero-order valence-electron chi connectivity index (χ0n) is 14.2. The Morgan fingerprint density at radius 3 is 2.32 bits per heavy atom. The monoisotopic (exact) mass is 310 g/mol. The van der Waals surface area contributed by atoms with E-state index in [9.17, 15) is 0 Å². The minimum atomic E-state index is 0.0408. The van der Waals surface area contributed by atoms with E-state index < -0.39 is 0 Å². The molecule has 7 heteroatoms. The van der Waals surface area contributed by atoms with E-state index in [2.05, 4.69) is 43.3 Å². The zero-order chi connectivity index (χ0) is 16.4. The lowest BCUT2D eigenvalue weighted by atomic mass is 9.80. The summed E-state index contributed by atoms with van der Waals surface area (Å²) in [5.74, 6) is 0.538. The van der Waals surface area contributed by atoms with Gasteiger partial charge in [-0.1, -0.05) is 0 Å². The minimum absolute atomic E-state index is 0.0408. The molecule has 0 spiro atoms. The normalized spacial score (nSPS) is 25.8. The molecule has 0 saturated carbocycles. The lowest BCUT2D eigenvalue weighted by Gasteiger charge is -2.46. The van der Waals surface area contributed by atoms with Crippen LogP contribution in [0.25, 0.3) is 0 Å². The fourth-order valence-electron chi connectivity index (χ4n) is 3.63. The molecule has 0 atom stereocenters. The fraction of sp³-hybridized carbons (Fsp3) is 0.867. The molecule has 0 aliphatic carbocycles. The molecule has 2 heterocycles. The van der Waals surface area contributed by atoms with Crippen LogP contribution >= 0.6 is 0 Å². The first-order valence-electron chi connectivity index (χ1n) is 7.98. The molecule has 2 fully saturated rings. The van der Waals surface area contributed by atoms with E-state index >= 15 is 0 Å². The Hall–Kier alpha value is -1.34. The van der Waals surface area contributed by atoms with Crippen molar-refractivity contribution in [1.29, 1.82) is 5.41 Å². The third kappa shape index (κ3) is 4.84. The molecule has 0 radical (unpaired) electrons. The molecule has 0 aromatic carbocycles. The highest BCUT2D eigenvalue weighted by atomic mass is 16.5. The maximum atomic E-state index is 8.08. The van der Waals surface area contributed by atoms with Crippen molar-refractivity contribution in [2.75, 3.05) is 26.3 Å². The first-order chi connectivity index (χ1) is 10.2. The van der Waals surface area contributed by atoms with Gasteiger partial charge in [-0.15, -0.1) is 0 Å². The number of hydrogen-bond acceptors (Lipinski definition) is 3. The van der Waals surface area contributed by atoms with Crippen LogP contribution in [0.1, 0.15) is 40.5 Å². The zero-order valence-corrected chi connectivity index (χ0v) is 14.2. The highest BCUT2D eigenvalue weighted by molar-refractivity contribution is 5.92. The van der Waals surface area contributed by atoms with Crippen LogP contribution in [0.15, 0.2) is 4.99 Å². The van der Waals surface area contributed by atoms with Crippen molar-refractivity contribution in [2.45, 2.75) is 57.7 Å². The van der Waals surface area contributed by atoms with Crippen LogP contribution in [0.3, 0.4) is 0 Å². The molecule has 5 N–H and O–H groups in total. The van der Waals surface area contributed by atoms with E-state index in [0.29, 0.717) is 19.2 Å². The number of ether oxygens (including phenoxy) is 1. The Kier molecular flexibility index (Phi) is 4.97. The molecule has 126 valence electrons. The maximum Gasteiger partial charge on any atom is 0.218 e. The van der Waals surface area contributed by atoms with E-state index in [4.69, 9.17) is 15.9 Å². The second-order valence-corrected chi connectivity index (χ2v) is 7.56. The highest BCUT2D eigenvalue weighted by Crippen LogP contribution is 2.28. The predicted molar refractivity (Wildman–Crippen MR) is 89.2 cm³/mol. The fourth-order valence-corrected chi connectivity index (χ4v) is 3.63. The van der Waals surface area contributed by atoms with Crippen molar-refractivity contribution in [3.05, 3.63) is 0 Å². The summed E-state index contributed by atoms with van der Waals surface area (Å²) >= 11 is 0. The second kappa shape index (κ2) is 6.42. The number of piperidine rings is 1. The molecular weight excluding hydrogens is 280 g/mol. The number of morpholine rings is 1. The summed E-state index contributed by atoms with van der Waals surface area (Å²) in [6.07, 6.45) is 1.90. The van der Waals surface area contributed by atoms with Crippen molar-refractivity contribution in [1.82, 2.24) is 15.5 Å². The van der Waals surface area contributed by atoms with E-state index in [-0.39, 0.29) is 23.1 Å². The van der Waals surface area contributed by atoms with Crippen LogP contribution in [-0.4, -0.2) is 60.2 Å². The summed E-state index contributed by atoms with van der Waals surface area (Å²) in [6, 6.07) is 0.222. The van der Waals surface area contributed by atoms with Gasteiger partial charge < -0.3 is 26.0 Å². The van der Waals surface area contributed by atoms with Gasteiger partial charge >= 0.3 is 0 Å². The van der Waals surface area contributed by atoms with Gasteiger partial charge in [0.1, 0.15) is 0 Å². The van der Waals surface area contributed by atoms with Gasteiger partial charge in [-0.3, -0.25) is 5.41 Å². The molecule has 2 saturated heterocycles. The molecule has 0 bridgehead atoms. The Morgan fingerprint density at radius 2 is 1.77 bits per heavy atom. The van der Waals surface area contributed by atoms with Gasteiger partial charge in [0, 0.05) is 30.2 Å². The van der Waals surface area contributed by atoms with Gasteiger partial charge in [0.25, 0.3) is 0 Å². The van der Waals surface area contributed by atoms with Crippen molar-refractivity contribution >= 4 is 11.9 Å².